The number of nitrogens with zero attached hydrogens (tertiary/aromatic N) is 2. The number of piperazine rings is 1. The zero-order valence-corrected chi connectivity index (χ0v) is 13.0. The Morgan fingerprint density at radius 2 is 1.75 bits per heavy atom. The molecule has 1 saturated carbocycles. The molecule has 0 radical (unpaired) electrons. The van der Waals surface area contributed by atoms with Crippen molar-refractivity contribution >= 4 is 5.91 Å². The first kappa shape index (κ1) is 14.3. The van der Waals surface area contributed by atoms with Crippen LogP contribution in [0.5, 0.6) is 0 Å². The molecule has 3 fully saturated rings. The summed E-state index contributed by atoms with van der Waals surface area (Å²) in [6.07, 6.45) is 6.41. The molecular weight excluding hydrogens is 250 g/mol. The van der Waals surface area contributed by atoms with Gasteiger partial charge < -0.3 is 10.2 Å². The molecule has 1 N–H and O–H groups in total. The van der Waals surface area contributed by atoms with Crippen molar-refractivity contribution in [3.8, 4) is 0 Å². The Bertz CT molecular complexity index is 363. The minimum Gasteiger partial charge on any atom is -0.338 e. The van der Waals surface area contributed by atoms with E-state index in [0.29, 0.717) is 11.9 Å². The molecule has 1 aliphatic carbocycles. The Kier molecular flexibility index (Phi) is 4.04. The zero-order valence-electron chi connectivity index (χ0n) is 13.0. The van der Waals surface area contributed by atoms with E-state index < -0.39 is 0 Å². The van der Waals surface area contributed by atoms with Gasteiger partial charge in [-0.2, -0.15) is 0 Å². The maximum atomic E-state index is 13.1. The number of hydrogen-bond acceptors (Lipinski definition) is 3. The molecular formula is C16H29N3O. The van der Waals surface area contributed by atoms with E-state index in [1.54, 1.807) is 0 Å². The van der Waals surface area contributed by atoms with Crippen LogP contribution in [0.4, 0.5) is 0 Å². The van der Waals surface area contributed by atoms with Gasteiger partial charge in [0.2, 0.25) is 5.91 Å². The van der Waals surface area contributed by atoms with Crippen LogP contribution in [0.3, 0.4) is 0 Å². The second kappa shape index (κ2) is 5.64. The predicted octanol–water partition coefficient (Wildman–Crippen LogP) is 1.46. The van der Waals surface area contributed by atoms with Crippen LogP contribution in [0.1, 0.15) is 46.0 Å². The van der Waals surface area contributed by atoms with Crippen molar-refractivity contribution in [2.75, 3.05) is 32.7 Å². The minimum absolute atomic E-state index is 0.341. The maximum absolute atomic E-state index is 13.1. The van der Waals surface area contributed by atoms with E-state index >= 15 is 0 Å². The number of nitrogens with one attached hydrogen (secondary N) is 1. The summed E-state index contributed by atoms with van der Waals surface area (Å²) >= 11 is 0. The quantitative estimate of drug-likeness (QED) is 0.831. The van der Waals surface area contributed by atoms with E-state index in [1.165, 1.54) is 32.1 Å². The lowest BCUT2D eigenvalue weighted by Crippen LogP contribution is -2.63. The molecule has 2 atom stereocenters. The number of likely N-dealkylation sites (tertiary alicyclic amines) is 1. The highest BCUT2D eigenvalue weighted by Gasteiger charge is 2.44. The molecule has 0 aromatic heterocycles. The Labute approximate surface area is 122 Å². The first-order valence-corrected chi connectivity index (χ1v) is 8.37. The van der Waals surface area contributed by atoms with Crippen LogP contribution >= 0.6 is 0 Å². The topological polar surface area (TPSA) is 35.6 Å². The molecule has 114 valence electrons. The van der Waals surface area contributed by atoms with Crippen LogP contribution < -0.4 is 5.32 Å². The van der Waals surface area contributed by atoms with Crippen LogP contribution in [-0.4, -0.2) is 60.0 Å². The summed E-state index contributed by atoms with van der Waals surface area (Å²) in [5.74, 6) is 1.16. The van der Waals surface area contributed by atoms with Crippen molar-refractivity contribution < 1.29 is 4.79 Å². The number of rotatable bonds is 2. The van der Waals surface area contributed by atoms with E-state index in [2.05, 4.69) is 29.0 Å². The molecule has 0 spiro atoms. The molecule has 2 unspecified atom stereocenters. The fraction of sp³-hybridized carbons (Fsp3) is 0.938. The molecule has 3 aliphatic rings. The van der Waals surface area contributed by atoms with E-state index in [1.807, 2.05) is 0 Å². The third-order valence-electron chi connectivity index (χ3n) is 5.69. The fourth-order valence-electron chi connectivity index (χ4n) is 4.42. The summed E-state index contributed by atoms with van der Waals surface area (Å²) in [6.45, 7) is 9.21. The molecule has 20 heavy (non-hydrogen) atoms. The largest absolute Gasteiger partial charge is 0.338 e. The smallest absolute Gasteiger partial charge is 0.242 e. The number of amides is 1. The summed E-state index contributed by atoms with van der Waals surface area (Å²) in [4.78, 5) is 17.7. The van der Waals surface area contributed by atoms with Gasteiger partial charge in [-0.25, -0.2) is 0 Å². The fourth-order valence-corrected chi connectivity index (χ4v) is 4.42. The van der Waals surface area contributed by atoms with Crippen LogP contribution in [0, 0.1) is 5.92 Å². The van der Waals surface area contributed by atoms with Crippen molar-refractivity contribution in [2.24, 2.45) is 5.92 Å². The molecule has 0 bridgehead atoms. The lowest BCUT2D eigenvalue weighted by molar-refractivity contribution is -0.148. The summed E-state index contributed by atoms with van der Waals surface area (Å²) in [7, 11) is 0. The van der Waals surface area contributed by atoms with Gasteiger partial charge in [-0.05, 0) is 45.4 Å². The second-order valence-electron chi connectivity index (χ2n) is 7.20. The van der Waals surface area contributed by atoms with Crippen LogP contribution in [0.2, 0.25) is 0 Å². The maximum Gasteiger partial charge on any atom is 0.242 e. The highest BCUT2D eigenvalue weighted by Crippen LogP contribution is 2.38. The monoisotopic (exact) mass is 279 g/mol. The molecule has 2 saturated heterocycles. The number of fused-ring (bicyclic) bond motifs is 1. The molecule has 2 heterocycles. The van der Waals surface area contributed by atoms with Gasteiger partial charge in [-0.15, -0.1) is 0 Å². The molecule has 1 amide bonds. The number of piperidine rings is 1. The van der Waals surface area contributed by atoms with Crippen molar-refractivity contribution in [2.45, 2.75) is 57.5 Å². The highest BCUT2D eigenvalue weighted by atomic mass is 16.2. The van der Waals surface area contributed by atoms with Gasteiger partial charge in [0.15, 0.2) is 0 Å². The van der Waals surface area contributed by atoms with Crippen LogP contribution in [0.25, 0.3) is 0 Å². The lowest BCUT2D eigenvalue weighted by atomic mass is 9.89. The van der Waals surface area contributed by atoms with Gasteiger partial charge in [0.05, 0.1) is 5.54 Å². The Balaban J connectivity index is 1.72. The van der Waals surface area contributed by atoms with E-state index in [0.717, 1.165) is 38.6 Å². The predicted molar refractivity (Wildman–Crippen MR) is 80.6 cm³/mol. The molecule has 4 nitrogen and oxygen atoms in total. The standard InChI is InChI=1S/C16H29N3O/c1-16(2,18-11-8-17-9-12-18)15(20)19-10-4-6-13-5-3-7-14(13)19/h13-14,17H,3-12H2,1-2H3. The Hall–Kier alpha value is -0.610. The third kappa shape index (κ3) is 2.48. The van der Waals surface area contributed by atoms with Crippen molar-refractivity contribution in [1.82, 2.24) is 15.1 Å². The second-order valence-corrected chi connectivity index (χ2v) is 7.20. The van der Waals surface area contributed by atoms with Crippen LogP contribution in [0.15, 0.2) is 0 Å². The lowest BCUT2D eigenvalue weighted by Gasteiger charge is -2.46. The van der Waals surface area contributed by atoms with Gasteiger partial charge in [0.1, 0.15) is 0 Å². The highest BCUT2D eigenvalue weighted by molar-refractivity contribution is 5.86. The summed E-state index contributed by atoms with van der Waals surface area (Å²) in [6, 6.07) is 0.540. The summed E-state index contributed by atoms with van der Waals surface area (Å²) < 4.78 is 0. The van der Waals surface area contributed by atoms with Gasteiger partial charge in [0, 0.05) is 38.8 Å². The molecule has 4 heteroatoms. The average Bonchev–Trinajstić information content (AvgIpc) is 2.95. The first-order valence-electron chi connectivity index (χ1n) is 8.37. The Morgan fingerprint density at radius 1 is 1.05 bits per heavy atom. The van der Waals surface area contributed by atoms with Crippen molar-refractivity contribution in [3.05, 3.63) is 0 Å². The number of carbonyl (C=O) groups is 1. The number of hydrogen-bond donors (Lipinski definition) is 1. The molecule has 3 rings (SSSR count). The van der Waals surface area contributed by atoms with Crippen molar-refractivity contribution in [3.63, 3.8) is 0 Å². The molecule has 0 aromatic rings. The minimum atomic E-state index is -0.341. The van der Waals surface area contributed by atoms with Crippen LogP contribution in [-0.2, 0) is 4.79 Å². The first-order chi connectivity index (χ1) is 9.60. The average molecular weight is 279 g/mol. The Morgan fingerprint density at radius 3 is 2.50 bits per heavy atom. The molecule has 2 aliphatic heterocycles. The normalized spacial score (nSPS) is 32.2. The van der Waals surface area contributed by atoms with Crippen molar-refractivity contribution in [1.29, 1.82) is 0 Å². The number of carbonyl (C=O) groups excluding carboxylic acids is 1. The summed E-state index contributed by atoms with van der Waals surface area (Å²) in [5.41, 5.74) is -0.341. The zero-order chi connectivity index (χ0) is 14.2. The van der Waals surface area contributed by atoms with Gasteiger partial charge in [-0.3, -0.25) is 9.69 Å². The van der Waals surface area contributed by atoms with E-state index in [9.17, 15) is 4.79 Å². The van der Waals surface area contributed by atoms with Gasteiger partial charge >= 0.3 is 0 Å². The molecule has 0 aromatic carbocycles. The SMILES string of the molecule is CC(C)(C(=O)N1CCCC2CCCC21)N1CCNCC1. The van der Waals surface area contributed by atoms with E-state index in [-0.39, 0.29) is 5.54 Å². The van der Waals surface area contributed by atoms with E-state index in [4.69, 9.17) is 0 Å². The third-order valence-corrected chi connectivity index (χ3v) is 5.69. The van der Waals surface area contributed by atoms with Gasteiger partial charge in [-0.1, -0.05) is 6.42 Å². The van der Waals surface area contributed by atoms with Gasteiger partial charge in [0.25, 0.3) is 0 Å². The summed E-state index contributed by atoms with van der Waals surface area (Å²) in [5, 5.41) is 3.38.